The first-order valence-electron chi connectivity index (χ1n) is 6.03. The van der Waals surface area contributed by atoms with Crippen LogP contribution in [0.2, 0.25) is 0 Å². The first-order chi connectivity index (χ1) is 9.29. The van der Waals surface area contributed by atoms with Gasteiger partial charge in [-0.05, 0) is 36.9 Å². The van der Waals surface area contributed by atoms with Crippen molar-refractivity contribution in [3.63, 3.8) is 0 Å². The molecule has 1 N–H and O–H groups in total. The lowest BCUT2D eigenvalue weighted by Gasteiger charge is -2.10. The molecule has 0 atom stereocenters. The van der Waals surface area contributed by atoms with Gasteiger partial charge in [0.15, 0.2) is 0 Å². The summed E-state index contributed by atoms with van der Waals surface area (Å²) in [5.74, 6) is 0. The van der Waals surface area contributed by atoms with Crippen LogP contribution in [0.5, 0.6) is 0 Å². The summed E-state index contributed by atoms with van der Waals surface area (Å²) in [5.41, 5.74) is 4.13. The van der Waals surface area contributed by atoms with Crippen LogP contribution in [-0.2, 0) is 6.54 Å². The van der Waals surface area contributed by atoms with E-state index in [0.717, 1.165) is 27.7 Å². The predicted octanol–water partition coefficient (Wildman–Crippen LogP) is 2.90. The molecular weight excluding hydrogens is 304 g/mol. The first kappa shape index (κ1) is 12.3. The third-order valence-electron chi connectivity index (χ3n) is 2.99. The van der Waals surface area contributed by atoms with E-state index in [0.29, 0.717) is 0 Å². The molecule has 0 amide bonds. The number of rotatable bonds is 3. The fraction of sp³-hybridized carbons (Fsp3) is 0.143. The van der Waals surface area contributed by atoms with Gasteiger partial charge in [-0.15, -0.1) is 5.10 Å². The van der Waals surface area contributed by atoms with Crippen LogP contribution in [0.25, 0.3) is 16.7 Å². The summed E-state index contributed by atoms with van der Waals surface area (Å²) >= 11 is 3.52. The van der Waals surface area contributed by atoms with E-state index in [4.69, 9.17) is 0 Å². The Bertz CT molecular complexity index is 720. The quantitative estimate of drug-likeness (QED) is 0.808. The standard InChI is InChI=1S/C14H13BrN4/c1-16-9-10-6-7-11(15)8-14(10)19-13-5-3-2-4-12(13)17-18-19/h2-8,16H,9H2,1H3. The average molecular weight is 317 g/mol. The summed E-state index contributed by atoms with van der Waals surface area (Å²) in [5, 5.41) is 11.6. The van der Waals surface area contributed by atoms with Crippen molar-refractivity contribution in [1.29, 1.82) is 0 Å². The molecule has 0 fully saturated rings. The van der Waals surface area contributed by atoms with Crippen molar-refractivity contribution in [3.05, 3.63) is 52.5 Å². The smallest absolute Gasteiger partial charge is 0.113 e. The van der Waals surface area contributed by atoms with Crippen LogP contribution >= 0.6 is 15.9 Å². The van der Waals surface area contributed by atoms with Gasteiger partial charge in [-0.3, -0.25) is 0 Å². The Labute approximate surface area is 119 Å². The fourth-order valence-corrected chi connectivity index (χ4v) is 2.47. The molecule has 19 heavy (non-hydrogen) atoms. The third kappa shape index (κ3) is 2.27. The van der Waals surface area contributed by atoms with Crippen LogP contribution in [0.1, 0.15) is 5.56 Å². The van der Waals surface area contributed by atoms with Crippen LogP contribution in [-0.4, -0.2) is 22.0 Å². The van der Waals surface area contributed by atoms with Gasteiger partial charge in [-0.2, -0.15) is 0 Å². The van der Waals surface area contributed by atoms with Crippen molar-refractivity contribution >= 4 is 27.0 Å². The second-order valence-corrected chi connectivity index (χ2v) is 5.21. The normalized spacial score (nSPS) is 11.1. The first-order valence-corrected chi connectivity index (χ1v) is 6.83. The van der Waals surface area contributed by atoms with Crippen molar-refractivity contribution in [2.75, 3.05) is 7.05 Å². The maximum atomic E-state index is 4.27. The van der Waals surface area contributed by atoms with Gasteiger partial charge in [-0.1, -0.05) is 39.3 Å². The number of para-hydroxylation sites is 1. The molecule has 0 bridgehead atoms. The number of hydrogen-bond donors (Lipinski definition) is 1. The van der Waals surface area contributed by atoms with Crippen molar-refractivity contribution in [2.45, 2.75) is 6.54 Å². The lowest BCUT2D eigenvalue weighted by molar-refractivity contribution is 0.774. The maximum absolute atomic E-state index is 4.27. The number of nitrogens with one attached hydrogen (secondary N) is 1. The molecule has 0 spiro atoms. The highest BCUT2D eigenvalue weighted by Crippen LogP contribution is 2.23. The van der Waals surface area contributed by atoms with Gasteiger partial charge in [0.1, 0.15) is 5.52 Å². The molecule has 0 radical (unpaired) electrons. The summed E-state index contributed by atoms with van der Waals surface area (Å²) in [7, 11) is 1.94. The minimum atomic E-state index is 0.788. The van der Waals surface area contributed by atoms with E-state index < -0.39 is 0 Å². The van der Waals surface area contributed by atoms with Crippen molar-refractivity contribution in [2.24, 2.45) is 0 Å². The summed E-state index contributed by atoms with van der Waals surface area (Å²) in [4.78, 5) is 0. The number of fused-ring (bicyclic) bond motifs is 1. The van der Waals surface area contributed by atoms with Crippen LogP contribution in [0.15, 0.2) is 46.9 Å². The van der Waals surface area contributed by atoms with E-state index in [1.165, 1.54) is 5.56 Å². The third-order valence-corrected chi connectivity index (χ3v) is 3.49. The average Bonchev–Trinajstić information content (AvgIpc) is 2.85. The number of benzene rings is 2. The van der Waals surface area contributed by atoms with Crippen molar-refractivity contribution < 1.29 is 0 Å². The van der Waals surface area contributed by atoms with E-state index in [1.54, 1.807) is 0 Å². The number of aromatic nitrogens is 3. The van der Waals surface area contributed by atoms with E-state index in [9.17, 15) is 0 Å². The summed E-state index contributed by atoms with van der Waals surface area (Å²) < 4.78 is 2.91. The van der Waals surface area contributed by atoms with Gasteiger partial charge >= 0.3 is 0 Å². The molecule has 3 rings (SSSR count). The lowest BCUT2D eigenvalue weighted by atomic mass is 10.1. The molecule has 0 saturated heterocycles. The van der Waals surface area contributed by atoms with Crippen LogP contribution < -0.4 is 5.32 Å². The molecule has 0 saturated carbocycles. The highest BCUT2D eigenvalue weighted by molar-refractivity contribution is 9.10. The van der Waals surface area contributed by atoms with Crippen molar-refractivity contribution in [3.8, 4) is 5.69 Å². The second-order valence-electron chi connectivity index (χ2n) is 4.29. The van der Waals surface area contributed by atoms with Crippen LogP contribution in [0.3, 0.4) is 0 Å². The Morgan fingerprint density at radius 1 is 1.21 bits per heavy atom. The Morgan fingerprint density at radius 3 is 2.89 bits per heavy atom. The summed E-state index contributed by atoms with van der Waals surface area (Å²) in [6.45, 7) is 0.788. The fourth-order valence-electron chi connectivity index (χ4n) is 2.12. The van der Waals surface area contributed by atoms with E-state index in [2.05, 4.69) is 43.7 Å². The van der Waals surface area contributed by atoms with Gasteiger partial charge in [0.2, 0.25) is 0 Å². The SMILES string of the molecule is CNCc1ccc(Br)cc1-n1nnc2ccccc21. The van der Waals surface area contributed by atoms with E-state index in [1.807, 2.05) is 42.1 Å². The molecule has 3 aromatic rings. The molecule has 4 nitrogen and oxygen atoms in total. The largest absolute Gasteiger partial charge is 0.316 e. The Kier molecular flexibility index (Phi) is 3.31. The van der Waals surface area contributed by atoms with E-state index >= 15 is 0 Å². The molecule has 0 aliphatic carbocycles. The summed E-state index contributed by atoms with van der Waals surface area (Å²) in [6, 6.07) is 14.2. The van der Waals surface area contributed by atoms with Gasteiger partial charge in [-0.25, -0.2) is 4.68 Å². The molecule has 1 heterocycles. The predicted molar refractivity (Wildman–Crippen MR) is 79.3 cm³/mol. The molecular formula is C14H13BrN4. The minimum Gasteiger partial charge on any atom is -0.316 e. The molecule has 0 unspecified atom stereocenters. The zero-order valence-corrected chi connectivity index (χ0v) is 12.1. The Balaban J connectivity index is 2.23. The molecule has 2 aromatic carbocycles. The number of nitrogens with zero attached hydrogens (tertiary/aromatic N) is 3. The highest BCUT2D eigenvalue weighted by Gasteiger charge is 2.10. The second kappa shape index (κ2) is 5.11. The lowest BCUT2D eigenvalue weighted by Crippen LogP contribution is -2.09. The number of hydrogen-bond acceptors (Lipinski definition) is 3. The van der Waals surface area contributed by atoms with Gasteiger partial charge < -0.3 is 5.32 Å². The zero-order chi connectivity index (χ0) is 13.2. The monoisotopic (exact) mass is 316 g/mol. The molecule has 0 aliphatic heterocycles. The van der Waals surface area contributed by atoms with Crippen LogP contribution in [0.4, 0.5) is 0 Å². The maximum Gasteiger partial charge on any atom is 0.113 e. The minimum absolute atomic E-state index is 0.788. The van der Waals surface area contributed by atoms with Crippen LogP contribution in [0, 0.1) is 0 Å². The van der Waals surface area contributed by atoms with E-state index in [-0.39, 0.29) is 0 Å². The molecule has 96 valence electrons. The molecule has 1 aromatic heterocycles. The molecule has 0 aliphatic rings. The Morgan fingerprint density at radius 2 is 2.05 bits per heavy atom. The summed E-state index contributed by atoms with van der Waals surface area (Å²) in [6.07, 6.45) is 0. The number of halogens is 1. The van der Waals surface area contributed by atoms with Gasteiger partial charge in [0.05, 0.1) is 11.2 Å². The van der Waals surface area contributed by atoms with Gasteiger partial charge in [0, 0.05) is 11.0 Å². The zero-order valence-electron chi connectivity index (χ0n) is 10.5. The Hall–Kier alpha value is -1.72. The molecule has 5 heteroatoms. The highest BCUT2D eigenvalue weighted by atomic mass is 79.9. The van der Waals surface area contributed by atoms with Gasteiger partial charge in [0.25, 0.3) is 0 Å². The van der Waals surface area contributed by atoms with Crippen molar-refractivity contribution in [1.82, 2.24) is 20.3 Å². The topological polar surface area (TPSA) is 42.7 Å².